The number of likely N-dealkylation sites (tertiary alicyclic amines) is 1. The Bertz CT molecular complexity index is 834. The Morgan fingerprint density at radius 1 is 1.06 bits per heavy atom. The van der Waals surface area contributed by atoms with E-state index in [4.69, 9.17) is 0 Å². The molecular weight excluding hydrogens is 434 g/mol. The van der Waals surface area contributed by atoms with Crippen molar-refractivity contribution in [3.05, 3.63) is 35.9 Å². The number of amides is 2. The van der Waals surface area contributed by atoms with Gasteiger partial charge in [0.2, 0.25) is 5.12 Å². The monoisotopic (exact) mass is 474 g/mol. The second-order valence-electron chi connectivity index (χ2n) is 10.1. The fourth-order valence-electron chi connectivity index (χ4n) is 6.18. The summed E-state index contributed by atoms with van der Waals surface area (Å²) in [5, 5.41) is 10.0. The number of hydrogen-bond donors (Lipinski definition) is 1. The molecule has 1 N–H and O–H groups in total. The molecule has 1 saturated carbocycles. The molecule has 3 unspecified atom stereocenters. The van der Waals surface area contributed by atoms with E-state index >= 15 is 0 Å². The zero-order valence-electron chi connectivity index (χ0n) is 20.4. The number of carboxylic acid groups (broad SMARTS) is 1. The molecule has 0 spiro atoms. The first kappa shape index (κ1) is 26.0. The summed E-state index contributed by atoms with van der Waals surface area (Å²) in [4.78, 5) is 39.9. The van der Waals surface area contributed by atoms with Crippen LogP contribution in [0.15, 0.2) is 30.3 Å². The van der Waals surface area contributed by atoms with Gasteiger partial charge in [0.25, 0.3) is 0 Å². The average Bonchev–Trinajstić information content (AvgIpc) is 3.38. The van der Waals surface area contributed by atoms with Crippen molar-refractivity contribution in [3.63, 3.8) is 0 Å². The van der Waals surface area contributed by atoms with Crippen molar-refractivity contribution in [2.45, 2.75) is 96.3 Å². The lowest BCUT2D eigenvalue weighted by Crippen LogP contribution is -2.61. The normalized spacial score (nSPS) is 28.6. The van der Waals surface area contributed by atoms with Crippen LogP contribution in [0.4, 0.5) is 4.79 Å². The van der Waals surface area contributed by atoms with Crippen molar-refractivity contribution in [2.75, 3.05) is 6.54 Å². The molecule has 1 aliphatic carbocycles. The van der Waals surface area contributed by atoms with Crippen LogP contribution in [0, 0.1) is 11.3 Å². The third-order valence-corrected chi connectivity index (χ3v) is 9.69. The smallest absolute Gasteiger partial charge is 0.435 e. The van der Waals surface area contributed by atoms with Gasteiger partial charge < -0.3 is 5.11 Å². The Morgan fingerprint density at radius 2 is 1.70 bits per heavy atom. The summed E-state index contributed by atoms with van der Waals surface area (Å²) in [6.07, 6.45) is 8.33. The van der Waals surface area contributed by atoms with E-state index in [9.17, 15) is 19.5 Å². The Balaban J connectivity index is 1.99. The SMILES string of the molecule is CCCCC1(CCCC)CCC(C(=O)[N+]2(C(=O)O)CCC[C@H]2C)C1SC(=O)c1ccccc1. The number of quaternary nitrogens is 1. The summed E-state index contributed by atoms with van der Waals surface area (Å²) in [6, 6.07) is 9.06. The number of unbranched alkanes of at least 4 members (excludes halogenated alkanes) is 2. The summed E-state index contributed by atoms with van der Waals surface area (Å²) in [5.74, 6) is -0.561. The van der Waals surface area contributed by atoms with Gasteiger partial charge in [-0.15, -0.1) is 0 Å². The summed E-state index contributed by atoms with van der Waals surface area (Å²) < 4.78 is -0.459. The number of hydrogen-bond acceptors (Lipinski definition) is 4. The molecule has 2 fully saturated rings. The van der Waals surface area contributed by atoms with Crippen molar-refractivity contribution in [1.82, 2.24) is 0 Å². The number of thioether (sulfide) groups is 1. The van der Waals surface area contributed by atoms with Gasteiger partial charge in [-0.3, -0.25) is 4.79 Å². The van der Waals surface area contributed by atoms with Crippen molar-refractivity contribution >= 4 is 28.9 Å². The highest BCUT2D eigenvalue weighted by molar-refractivity contribution is 8.14. The third-order valence-electron chi connectivity index (χ3n) is 8.16. The summed E-state index contributed by atoms with van der Waals surface area (Å²) in [5.41, 5.74) is 0.560. The van der Waals surface area contributed by atoms with E-state index in [1.807, 2.05) is 37.3 Å². The van der Waals surface area contributed by atoms with E-state index in [0.29, 0.717) is 18.5 Å². The molecule has 1 saturated heterocycles. The maximum absolute atomic E-state index is 14.1. The second-order valence-corrected chi connectivity index (χ2v) is 11.2. The number of benzene rings is 1. The van der Waals surface area contributed by atoms with Gasteiger partial charge in [0.05, 0.1) is 12.5 Å². The molecule has 0 bridgehead atoms. The molecule has 0 aromatic heterocycles. The third kappa shape index (κ3) is 5.07. The van der Waals surface area contributed by atoms with E-state index in [1.54, 1.807) is 0 Å². The topological polar surface area (TPSA) is 71.4 Å². The number of nitrogens with zero attached hydrogens (tertiary/aromatic N) is 1. The Hall–Kier alpha value is -1.66. The van der Waals surface area contributed by atoms with Crippen molar-refractivity contribution in [3.8, 4) is 0 Å². The van der Waals surface area contributed by atoms with E-state index < -0.39 is 16.5 Å². The molecule has 5 nitrogen and oxygen atoms in total. The maximum atomic E-state index is 14.1. The molecule has 3 rings (SSSR count). The van der Waals surface area contributed by atoms with E-state index in [0.717, 1.165) is 57.8 Å². The summed E-state index contributed by atoms with van der Waals surface area (Å²) >= 11 is 1.31. The highest BCUT2D eigenvalue weighted by Gasteiger charge is 2.61. The van der Waals surface area contributed by atoms with Crippen LogP contribution in [-0.4, -0.2) is 44.5 Å². The van der Waals surface area contributed by atoms with Crippen LogP contribution in [0.25, 0.3) is 0 Å². The second kappa shape index (κ2) is 11.2. The molecule has 6 heteroatoms. The first-order chi connectivity index (χ1) is 15.8. The standard InChI is InChI=1S/C27H39NO4S/c1-4-6-16-27(17-7-5-2)18-15-22(23(27)33-25(30)21-13-9-8-10-14-21)24(29)28(26(31)32)19-11-12-20(28)3/h8-10,13-14,20,22-23H,4-7,11-12,15-19H2,1-3H3/p+1/t20-,22?,23?,28?/m1/s1. The zero-order valence-corrected chi connectivity index (χ0v) is 21.2. The number of carbonyl (C=O) groups excluding carboxylic acids is 2. The van der Waals surface area contributed by atoms with Gasteiger partial charge in [0, 0.05) is 23.7 Å². The minimum absolute atomic E-state index is 0.00554. The minimum Gasteiger partial charge on any atom is -0.435 e. The molecule has 0 radical (unpaired) electrons. The van der Waals surface area contributed by atoms with Crippen LogP contribution in [0.3, 0.4) is 0 Å². The highest BCUT2D eigenvalue weighted by atomic mass is 32.2. The van der Waals surface area contributed by atoms with Crippen LogP contribution in [0.5, 0.6) is 0 Å². The van der Waals surface area contributed by atoms with Gasteiger partial charge in [0.15, 0.2) is 0 Å². The van der Waals surface area contributed by atoms with Gasteiger partial charge in [-0.05, 0) is 38.0 Å². The number of imide groups is 1. The van der Waals surface area contributed by atoms with Gasteiger partial charge in [0.1, 0.15) is 6.04 Å². The van der Waals surface area contributed by atoms with Crippen molar-refractivity contribution < 1.29 is 24.0 Å². The van der Waals surface area contributed by atoms with Crippen LogP contribution in [0.2, 0.25) is 0 Å². The summed E-state index contributed by atoms with van der Waals surface area (Å²) in [6.45, 7) is 6.62. The molecule has 2 aliphatic rings. The lowest BCUT2D eigenvalue weighted by Gasteiger charge is -2.39. The molecule has 4 atom stereocenters. The highest BCUT2D eigenvalue weighted by Crippen LogP contribution is 2.56. The van der Waals surface area contributed by atoms with E-state index in [-0.39, 0.29) is 27.7 Å². The molecule has 182 valence electrons. The van der Waals surface area contributed by atoms with E-state index in [2.05, 4.69) is 13.8 Å². The quantitative estimate of drug-likeness (QED) is 0.394. The van der Waals surface area contributed by atoms with Crippen LogP contribution < -0.4 is 0 Å². The maximum Gasteiger partial charge on any atom is 0.521 e. The lowest BCUT2D eigenvalue weighted by molar-refractivity contribution is -0.794. The number of rotatable bonds is 9. The molecular formula is C27H40NO4S+. The van der Waals surface area contributed by atoms with Crippen molar-refractivity contribution in [2.24, 2.45) is 11.3 Å². The fraction of sp³-hybridized carbons (Fsp3) is 0.667. The molecule has 2 amide bonds. The predicted molar refractivity (Wildman–Crippen MR) is 133 cm³/mol. The Labute approximate surface area is 202 Å². The predicted octanol–water partition coefficient (Wildman–Crippen LogP) is 6.91. The first-order valence-electron chi connectivity index (χ1n) is 12.7. The van der Waals surface area contributed by atoms with Gasteiger partial charge in [-0.2, -0.15) is 9.28 Å². The average molecular weight is 475 g/mol. The van der Waals surface area contributed by atoms with Gasteiger partial charge in [-0.25, -0.2) is 4.79 Å². The van der Waals surface area contributed by atoms with E-state index in [1.165, 1.54) is 11.8 Å². The van der Waals surface area contributed by atoms with Crippen molar-refractivity contribution in [1.29, 1.82) is 0 Å². The molecule has 33 heavy (non-hydrogen) atoms. The zero-order chi connectivity index (χ0) is 24.1. The van der Waals surface area contributed by atoms with Gasteiger partial charge >= 0.3 is 12.0 Å². The molecule has 1 aromatic rings. The molecule has 1 aliphatic heterocycles. The molecule has 1 heterocycles. The first-order valence-corrected chi connectivity index (χ1v) is 13.6. The largest absolute Gasteiger partial charge is 0.521 e. The number of carbonyl (C=O) groups is 3. The van der Waals surface area contributed by atoms with Gasteiger partial charge in [-0.1, -0.05) is 81.6 Å². The fourth-order valence-corrected chi connectivity index (χ4v) is 7.70. The van der Waals surface area contributed by atoms with Crippen LogP contribution in [-0.2, 0) is 4.79 Å². The minimum atomic E-state index is -1.03. The Kier molecular flexibility index (Phi) is 8.79. The summed E-state index contributed by atoms with van der Waals surface area (Å²) in [7, 11) is 0. The van der Waals surface area contributed by atoms with Crippen LogP contribution >= 0.6 is 11.8 Å². The molecule has 1 aromatic carbocycles. The van der Waals surface area contributed by atoms with Crippen LogP contribution in [0.1, 0.15) is 95.3 Å². The Morgan fingerprint density at radius 3 is 2.21 bits per heavy atom. The lowest BCUT2D eigenvalue weighted by atomic mass is 9.75.